The number of benzene rings is 1. The Hall–Kier alpha value is -1.61. The number of aromatic nitrogens is 1. The van der Waals surface area contributed by atoms with E-state index in [1.807, 2.05) is 30.3 Å². The molecule has 0 saturated carbocycles. The highest BCUT2D eigenvalue weighted by Gasteiger charge is 2.01. The first-order valence-electron chi connectivity index (χ1n) is 6.47. The van der Waals surface area contributed by atoms with Crippen molar-refractivity contribution in [1.29, 1.82) is 0 Å². The van der Waals surface area contributed by atoms with Gasteiger partial charge >= 0.3 is 0 Å². The van der Waals surface area contributed by atoms with Crippen LogP contribution in [-0.2, 0) is 0 Å². The molecule has 1 N–H and O–H groups in total. The highest BCUT2D eigenvalue weighted by molar-refractivity contribution is 5.84. The van der Waals surface area contributed by atoms with Crippen LogP contribution in [0.3, 0.4) is 0 Å². The zero-order valence-electron chi connectivity index (χ0n) is 11.0. The number of pyridine rings is 1. The van der Waals surface area contributed by atoms with E-state index in [2.05, 4.69) is 24.1 Å². The topological polar surface area (TPSA) is 34.1 Å². The predicted molar refractivity (Wildman–Crippen MR) is 75.0 cm³/mol. The van der Waals surface area contributed by atoms with Crippen molar-refractivity contribution in [2.45, 2.75) is 26.3 Å². The van der Waals surface area contributed by atoms with Crippen LogP contribution >= 0.6 is 0 Å². The van der Waals surface area contributed by atoms with Crippen LogP contribution < -0.4 is 10.1 Å². The zero-order valence-corrected chi connectivity index (χ0v) is 11.0. The largest absolute Gasteiger partial charge is 0.493 e. The molecule has 2 aromatic rings. The number of hydrogen-bond acceptors (Lipinski definition) is 3. The molecule has 1 aromatic heterocycles. The van der Waals surface area contributed by atoms with E-state index in [-0.39, 0.29) is 0 Å². The van der Waals surface area contributed by atoms with Gasteiger partial charge < -0.3 is 10.1 Å². The third-order valence-electron chi connectivity index (χ3n) is 2.74. The lowest BCUT2D eigenvalue weighted by atomic mass is 10.2. The Bertz CT molecular complexity index is 491. The molecule has 0 aliphatic carbocycles. The SMILES string of the molecule is CC(C)NCCCOc1ccnc2ccccc12. The highest BCUT2D eigenvalue weighted by atomic mass is 16.5. The Morgan fingerprint density at radius 3 is 2.89 bits per heavy atom. The molecule has 1 heterocycles. The molecule has 0 saturated heterocycles. The number of fused-ring (bicyclic) bond motifs is 1. The summed E-state index contributed by atoms with van der Waals surface area (Å²) in [6, 6.07) is 10.5. The van der Waals surface area contributed by atoms with Gasteiger partial charge in [-0.1, -0.05) is 26.0 Å². The summed E-state index contributed by atoms with van der Waals surface area (Å²) in [6.07, 6.45) is 2.80. The molecule has 0 aliphatic rings. The molecule has 0 atom stereocenters. The summed E-state index contributed by atoms with van der Waals surface area (Å²) in [5.41, 5.74) is 0.982. The fourth-order valence-electron chi connectivity index (χ4n) is 1.84. The average Bonchev–Trinajstić information content (AvgIpc) is 2.38. The van der Waals surface area contributed by atoms with Crippen LogP contribution in [0.25, 0.3) is 10.9 Å². The summed E-state index contributed by atoms with van der Waals surface area (Å²) < 4.78 is 5.82. The van der Waals surface area contributed by atoms with E-state index in [0.717, 1.165) is 36.2 Å². The molecule has 0 spiro atoms. The van der Waals surface area contributed by atoms with Gasteiger partial charge in [0.05, 0.1) is 12.1 Å². The smallest absolute Gasteiger partial charge is 0.130 e. The summed E-state index contributed by atoms with van der Waals surface area (Å²) >= 11 is 0. The third kappa shape index (κ3) is 3.44. The van der Waals surface area contributed by atoms with Gasteiger partial charge in [0.15, 0.2) is 0 Å². The maximum absolute atomic E-state index is 5.82. The Morgan fingerprint density at radius 1 is 1.22 bits per heavy atom. The van der Waals surface area contributed by atoms with E-state index in [9.17, 15) is 0 Å². The van der Waals surface area contributed by atoms with Gasteiger partial charge in [-0.25, -0.2) is 0 Å². The second-order valence-electron chi connectivity index (χ2n) is 4.64. The zero-order chi connectivity index (χ0) is 12.8. The number of nitrogens with zero attached hydrogens (tertiary/aromatic N) is 1. The van der Waals surface area contributed by atoms with Gasteiger partial charge in [0.2, 0.25) is 0 Å². The van der Waals surface area contributed by atoms with Crippen LogP contribution in [0.1, 0.15) is 20.3 Å². The molecule has 0 unspecified atom stereocenters. The quantitative estimate of drug-likeness (QED) is 0.793. The molecule has 18 heavy (non-hydrogen) atoms. The summed E-state index contributed by atoms with van der Waals surface area (Å²) in [4.78, 5) is 4.32. The minimum absolute atomic E-state index is 0.534. The second-order valence-corrected chi connectivity index (χ2v) is 4.64. The normalized spacial score (nSPS) is 11.1. The number of para-hydroxylation sites is 1. The molecular weight excluding hydrogens is 224 g/mol. The molecular formula is C15H20N2O. The number of rotatable bonds is 6. The van der Waals surface area contributed by atoms with Gasteiger partial charge in [0, 0.05) is 17.6 Å². The van der Waals surface area contributed by atoms with Gasteiger partial charge in [-0.15, -0.1) is 0 Å². The fraction of sp³-hybridized carbons (Fsp3) is 0.400. The summed E-state index contributed by atoms with van der Waals surface area (Å²) in [6.45, 7) is 6.02. The van der Waals surface area contributed by atoms with Crippen molar-refractivity contribution in [1.82, 2.24) is 10.3 Å². The molecule has 1 aromatic carbocycles. The standard InChI is InChI=1S/C15H20N2O/c1-12(2)16-9-5-11-18-15-8-10-17-14-7-4-3-6-13(14)15/h3-4,6-8,10,12,16H,5,9,11H2,1-2H3. The lowest BCUT2D eigenvalue weighted by Gasteiger charge is -2.10. The Kier molecular flexibility index (Phi) is 4.53. The number of hydrogen-bond donors (Lipinski definition) is 1. The first kappa shape index (κ1) is 12.8. The van der Waals surface area contributed by atoms with Crippen LogP contribution in [0, 0.1) is 0 Å². The van der Waals surface area contributed by atoms with Crippen molar-refractivity contribution in [3.63, 3.8) is 0 Å². The Morgan fingerprint density at radius 2 is 2.06 bits per heavy atom. The van der Waals surface area contributed by atoms with Gasteiger partial charge in [-0.3, -0.25) is 4.98 Å². The first-order chi connectivity index (χ1) is 8.77. The molecule has 3 nitrogen and oxygen atoms in total. The van der Waals surface area contributed by atoms with Crippen molar-refractivity contribution >= 4 is 10.9 Å². The van der Waals surface area contributed by atoms with Crippen molar-refractivity contribution in [2.75, 3.05) is 13.2 Å². The molecule has 0 amide bonds. The van der Waals surface area contributed by atoms with Gasteiger partial charge in [-0.2, -0.15) is 0 Å². The number of nitrogens with one attached hydrogen (secondary N) is 1. The van der Waals surface area contributed by atoms with E-state index >= 15 is 0 Å². The van der Waals surface area contributed by atoms with E-state index in [1.165, 1.54) is 0 Å². The molecule has 0 radical (unpaired) electrons. The predicted octanol–water partition coefficient (Wildman–Crippen LogP) is 3.00. The molecule has 0 aliphatic heterocycles. The Balaban J connectivity index is 1.91. The fourth-order valence-corrected chi connectivity index (χ4v) is 1.84. The Labute approximate surface area is 108 Å². The molecule has 0 fully saturated rings. The minimum atomic E-state index is 0.534. The lowest BCUT2D eigenvalue weighted by Crippen LogP contribution is -2.24. The van der Waals surface area contributed by atoms with Crippen molar-refractivity contribution in [2.24, 2.45) is 0 Å². The van der Waals surface area contributed by atoms with Crippen LogP contribution in [0.5, 0.6) is 5.75 Å². The van der Waals surface area contributed by atoms with Gasteiger partial charge in [0.25, 0.3) is 0 Å². The third-order valence-corrected chi connectivity index (χ3v) is 2.74. The van der Waals surface area contributed by atoms with Gasteiger partial charge in [0.1, 0.15) is 5.75 Å². The summed E-state index contributed by atoms with van der Waals surface area (Å²) in [7, 11) is 0. The van der Waals surface area contributed by atoms with E-state index in [4.69, 9.17) is 4.74 Å². The molecule has 96 valence electrons. The second kappa shape index (κ2) is 6.36. The monoisotopic (exact) mass is 244 g/mol. The van der Waals surface area contributed by atoms with Crippen LogP contribution in [-0.4, -0.2) is 24.2 Å². The van der Waals surface area contributed by atoms with Gasteiger partial charge in [-0.05, 0) is 31.2 Å². The highest BCUT2D eigenvalue weighted by Crippen LogP contribution is 2.23. The molecule has 0 bridgehead atoms. The maximum Gasteiger partial charge on any atom is 0.130 e. The van der Waals surface area contributed by atoms with E-state index < -0.39 is 0 Å². The van der Waals surface area contributed by atoms with Crippen molar-refractivity contribution in [3.05, 3.63) is 36.5 Å². The molecule has 3 heteroatoms. The van der Waals surface area contributed by atoms with Crippen molar-refractivity contribution in [3.8, 4) is 5.75 Å². The van der Waals surface area contributed by atoms with E-state index in [1.54, 1.807) is 6.20 Å². The minimum Gasteiger partial charge on any atom is -0.493 e. The van der Waals surface area contributed by atoms with E-state index in [0.29, 0.717) is 6.04 Å². The summed E-state index contributed by atoms with van der Waals surface area (Å²) in [5.74, 6) is 0.921. The van der Waals surface area contributed by atoms with Crippen LogP contribution in [0.4, 0.5) is 0 Å². The lowest BCUT2D eigenvalue weighted by molar-refractivity contribution is 0.309. The summed E-state index contributed by atoms with van der Waals surface area (Å²) in [5, 5.41) is 4.46. The first-order valence-corrected chi connectivity index (χ1v) is 6.47. The number of ether oxygens (including phenoxy) is 1. The average molecular weight is 244 g/mol. The van der Waals surface area contributed by atoms with Crippen molar-refractivity contribution < 1.29 is 4.74 Å². The molecule has 2 rings (SSSR count). The maximum atomic E-state index is 5.82. The van der Waals surface area contributed by atoms with Crippen LogP contribution in [0.15, 0.2) is 36.5 Å². The van der Waals surface area contributed by atoms with Crippen LogP contribution in [0.2, 0.25) is 0 Å².